The van der Waals surface area contributed by atoms with E-state index in [-0.39, 0.29) is 23.1 Å². The average Bonchev–Trinajstić information content (AvgIpc) is 2.75. The fourth-order valence-electron chi connectivity index (χ4n) is 3.87. The van der Waals surface area contributed by atoms with E-state index in [9.17, 15) is 9.59 Å². The number of piperidine rings is 1. The van der Waals surface area contributed by atoms with E-state index in [1.165, 1.54) is 12.5 Å². The maximum atomic E-state index is 12.7. The molecule has 1 aliphatic rings. The van der Waals surface area contributed by atoms with Crippen LogP contribution in [0.4, 0.5) is 0 Å². The molecule has 4 rings (SSSR count). The number of fused-ring (bicyclic) bond motifs is 1. The number of halogens is 1. The van der Waals surface area contributed by atoms with Crippen molar-refractivity contribution in [3.63, 3.8) is 0 Å². The Balaban J connectivity index is 1.54. The van der Waals surface area contributed by atoms with Gasteiger partial charge in [0.15, 0.2) is 11.2 Å². The van der Waals surface area contributed by atoms with Gasteiger partial charge in [-0.2, -0.15) is 0 Å². The summed E-state index contributed by atoms with van der Waals surface area (Å²) >= 11 is 6.05. The van der Waals surface area contributed by atoms with Gasteiger partial charge in [0.1, 0.15) is 5.58 Å². The van der Waals surface area contributed by atoms with Crippen molar-refractivity contribution >= 4 is 28.5 Å². The normalized spacial score (nSPS) is 15.9. The zero-order valence-electron chi connectivity index (χ0n) is 16.1. The molecule has 150 valence electrons. The highest BCUT2D eigenvalue weighted by atomic mass is 35.5. The van der Waals surface area contributed by atoms with Crippen LogP contribution in [-0.2, 0) is 0 Å². The van der Waals surface area contributed by atoms with Crippen molar-refractivity contribution < 1.29 is 9.21 Å². The molecule has 3 aromatic rings. The van der Waals surface area contributed by atoms with Gasteiger partial charge < -0.3 is 9.73 Å². The van der Waals surface area contributed by atoms with Crippen molar-refractivity contribution in [1.29, 1.82) is 0 Å². The summed E-state index contributed by atoms with van der Waals surface area (Å²) in [7, 11) is 0. The van der Waals surface area contributed by atoms with Crippen LogP contribution >= 0.6 is 11.6 Å². The summed E-state index contributed by atoms with van der Waals surface area (Å²) in [5.41, 5.74) is 1.30. The van der Waals surface area contributed by atoms with Gasteiger partial charge in [0, 0.05) is 17.6 Å². The Kier molecular flexibility index (Phi) is 5.97. The topological polar surface area (TPSA) is 62.6 Å². The van der Waals surface area contributed by atoms with Crippen molar-refractivity contribution in [2.24, 2.45) is 0 Å². The first-order valence-electron chi connectivity index (χ1n) is 9.92. The summed E-state index contributed by atoms with van der Waals surface area (Å²) in [4.78, 5) is 27.4. The Hall–Kier alpha value is -2.63. The molecule has 6 heteroatoms. The summed E-state index contributed by atoms with van der Waals surface area (Å²) in [6.07, 6.45) is 3.54. The number of carbonyl (C=O) groups is 1. The number of rotatable bonds is 5. The minimum Gasteiger partial charge on any atom is -0.451 e. The Morgan fingerprint density at radius 1 is 1.07 bits per heavy atom. The van der Waals surface area contributed by atoms with Gasteiger partial charge in [-0.3, -0.25) is 14.5 Å². The van der Waals surface area contributed by atoms with Gasteiger partial charge in [0.05, 0.1) is 11.4 Å². The van der Waals surface area contributed by atoms with Gasteiger partial charge in [0.25, 0.3) is 5.91 Å². The largest absolute Gasteiger partial charge is 0.451 e. The Bertz CT molecular complexity index is 1060. The molecule has 0 aliphatic carbocycles. The summed E-state index contributed by atoms with van der Waals surface area (Å²) in [5.74, 6) is -0.356. The lowest BCUT2D eigenvalue weighted by molar-refractivity contribution is 0.0897. The summed E-state index contributed by atoms with van der Waals surface area (Å²) in [5, 5.41) is 4.11. The highest BCUT2D eigenvalue weighted by Gasteiger charge is 2.23. The van der Waals surface area contributed by atoms with E-state index in [1.54, 1.807) is 24.3 Å². The number of benzene rings is 2. The van der Waals surface area contributed by atoms with Crippen molar-refractivity contribution in [3.05, 3.63) is 81.2 Å². The van der Waals surface area contributed by atoms with Crippen LogP contribution in [0.2, 0.25) is 5.02 Å². The van der Waals surface area contributed by atoms with Crippen LogP contribution in [0.3, 0.4) is 0 Å². The maximum Gasteiger partial charge on any atom is 0.287 e. The molecule has 0 saturated carbocycles. The number of hydrogen-bond donors (Lipinski definition) is 1. The van der Waals surface area contributed by atoms with Gasteiger partial charge in [0.2, 0.25) is 0 Å². The van der Waals surface area contributed by atoms with Crippen LogP contribution in [0, 0.1) is 0 Å². The zero-order chi connectivity index (χ0) is 20.2. The molecule has 2 heterocycles. The molecular weight excluding hydrogens is 388 g/mol. The van der Waals surface area contributed by atoms with Crippen molar-refractivity contribution in [2.45, 2.75) is 25.3 Å². The molecule has 1 atom stereocenters. The summed E-state index contributed by atoms with van der Waals surface area (Å²) in [6.45, 7) is 2.42. The first-order chi connectivity index (χ1) is 14.1. The first kappa shape index (κ1) is 19.7. The second kappa shape index (κ2) is 8.80. The highest BCUT2D eigenvalue weighted by molar-refractivity contribution is 6.30. The Labute approximate surface area is 174 Å². The summed E-state index contributed by atoms with van der Waals surface area (Å²) in [6, 6.07) is 16.0. The molecule has 1 amide bonds. The van der Waals surface area contributed by atoms with Gasteiger partial charge >= 0.3 is 0 Å². The minimum absolute atomic E-state index is 0.0298. The van der Waals surface area contributed by atoms with Crippen molar-refractivity contribution in [2.75, 3.05) is 19.6 Å². The van der Waals surface area contributed by atoms with E-state index in [1.807, 2.05) is 24.3 Å². The van der Waals surface area contributed by atoms with E-state index >= 15 is 0 Å². The summed E-state index contributed by atoms with van der Waals surface area (Å²) < 4.78 is 5.66. The fourth-order valence-corrected chi connectivity index (χ4v) is 3.99. The SMILES string of the molecule is O=C(NC[C@@H](c1ccc(Cl)cc1)N1CCCCC1)c1cc(=O)c2ccccc2o1. The molecule has 1 aromatic heterocycles. The number of carbonyl (C=O) groups excluding carboxylic acids is 1. The van der Waals surface area contributed by atoms with Crippen LogP contribution in [0.15, 0.2) is 63.8 Å². The predicted molar refractivity (Wildman–Crippen MR) is 114 cm³/mol. The maximum absolute atomic E-state index is 12.7. The molecule has 5 nitrogen and oxygen atoms in total. The molecule has 0 unspecified atom stereocenters. The fraction of sp³-hybridized carbons (Fsp3) is 0.304. The molecule has 1 fully saturated rings. The zero-order valence-corrected chi connectivity index (χ0v) is 16.8. The van der Waals surface area contributed by atoms with Crippen LogP contribution in [0.1, 0.15) is 41.4 Å². The Morgan fingerprint density at radius 3 is 2.55 bits per heavy atom. The molecule has 0 bridgehead atoms. The predicted octanol–water partition coefficient (Wildman–Crippen LogP) is 4.40. The van der Waals surface area contributed by atoms with Gasteiger partial charge in [-0.05, 0) is 55.8 Å². The molecule has 29 heavy (non-hydrogen) atoms. The smallest absolute Gasteiger partial charge is 0.287 e. The number of nitrogens with one attached hydrogen (secondary N) is 1. The molecular formula is C23H23ClN2O3. The monoisotopic (exact) mass is 410 g/mol. The van der Waals surface area contributed by atoms with Gasteiger partial charge in [-0.15, -0.1) is 0 Å². The average molecular weight is 411 g/mol. The third-order valence-electron chi connectivity index (χ3n) is 5.40. The lowest BCUT2D eigenvalue weighted by atomic mass is 10.0. The highest BCUT2D eigenvalue weighted by Crippen LogP contribution is 2.25. The van der Waals surface area contributed by atoms with Gasteiger partial charge in [-0.1, -0.05) is 42.3 Å². The second-order valence-electron chi connectivity index (χ2n) is 7.35. The molecule has 1 saturated heterocycles. The van der Waals surface area contributed by atoms with E-state index < -0.39 is 0 Å². The molecule has 1 N–H and O–H groups in total. The van der Waals surface area contributed by atoms with Crippen molar-refractivity contribution in [1.82, 2.24) is 10.2 Å². The number of hydrogen-bond acceptors (Lipinski definition) is 4. The lowest BCUT2D eigenvalue weighted by Gasteiger charge is -2.35. The quantitative estimate of drug-likeness (QED) is 0.677. The minimum atomic E-state index is -0.385. The van der Waals surface area contributed by atoms with E-state index in [2.05, 4.69) is 10.2 Å². The number of likely N-dealkylation sites (tertiary alicyclic amines) is 1. The number of para-hydroxylation sites is 1. The standard InChI is InChI=1S/C23H23ClN2O3/c24-17-10-8-16(9-11-17)19(26-12-4-1-5-13-26)15-25-23(28)22-14-20(27)18-6-2-3-7-21(18)29-22/h2-3,6-11,14,19H,1,4-5,12-13,15H2,(H,25,28)/t19-/m0/s1. The van der Waals surface area contributed by atoms with Crippen molar-refractivity contribution in [3.8, 4) is 0 Å². The number of amides is 1. The third kappa shape index (κ3) is 4.52. The Morgan fingerprint density at radius 2 is 1.79 bits per heavy atom. The molecule has 1 aliphatic heterocycles. The third-order valence-corrected chi connectivity index (χ3v) is 5.65. The number of nitrogens with zero attached hydrogens (tertiary/aromatic N) is 1. The lowest BCUT2D eigenvalue weighted by Crippen LogP contribution is -2.40. The van der Waals surface area contributed by atoms with Crippen LogP contribution in [-0.4, -0.2) is 30.4 Å². The molecule has 0 radical (unpaired) electrons. The van der Waals surface area contributed by atoms with Crippen LogP contribution in [0.25, 0.3) is 11.0 Å². The van der Waals surface area contributed by atoms with E-state index in [4.69, 9.17) is 16.0 Å². The van der Waals surface area contributed by atoms with E-state index in [0.29, 0.717) is 22.5 Å². The van der Waals surface area contributed by atoms with Crippen LogP contribution < -0.4 is 10.7 Å². The molecule has 2 aromatic carbocycles. The van der Waals surface area contributed by atoms with Gasteiger partial charge in [-0.25, -0.2) is 0 Å². The second-order valence-corrected chi connectivity index (χ2v) is 7.78. The van der Waals surface area contributed by atoms with E-state index in [0.717, 1.165) is 31.5 Å². The molecule has 0 spiro atoms. The first-order valence-corrected chi connectivity index (χ1v) is 10.3. The van der Waals surface area contributed by atoms with Crippen LogP contribution in [0.5, 0.6) is 0 Å².